The zero-order valence-electron chi connectivity index (χ0n) is 24.9. The number of rotatable bonds is 15. The van der Waals surface area contributed by atoms with E-state index in [4.69, 9.17) is 4.98 Å². The van der Waals surface area contributed by atoms with Crippen LogP contribution in [0.25, 0.3) is 11.0 Å². The molecule has 0 spiro atoms. The number of aryl methyl sites for hydroxylation is 1. The third-order valence-electron chi connectivity index (χ3n) is 7.75. The highest BCUT2D eigenvalue weighted by Gasteiger charge is 2.17. The molecular weight excluding hydrogens is 512 g/mol. The van der Waals surface area contributed by atoms with E-state index in [1.807, 2.05) is 30.3 Å². The molecule has 0 saturated heterocycles. The Labute approximate surface area is 244 Å². The van der Waals surface area contributed by atoms with Crippen LogP contribution in [0.15, 0.2) is 54.7 Å². The standard InChI is InChI=1S/C33H46N6O2/c1-4-6-12-27(13-7-5-2)35-32(41)26-16-19-29-30(24-26)39(23-11-22-38-20-9-8-10-21-38)33(37-29)36-28-17-14-25(15-18-28)31(40)34-3/h9,14-20,24,27H,4-8,10-13,21-23H2,1-3H3,(H,34,40)(H,35,41)(H,36,37). The highest BCUT2D eigenvalue weighted by molar-refractivity contribution is 5.98. The van der Waals surface area contributed by atoms with Gasteiger partial charge in [0.1, 0.15) is 0 Å². The summed E-state index contributed by atoms with van der Waals surface area (Å²) in [7, 11) is 1.63. The molecule has 2 amide bonds. The molecule has 1 aliphatic rings. The van der Waals surface area contributed by atoms with Crippen LogP contribution in [-0.4, -0.2) is 52.4 Å². The molecule has 4 rings (SSSR count). The van der Waals surface area contributed by atoms with Gasteiger partial charge in [-0.25, -0.2) is 4.98 Å². The Morgan fingerprint density at radius 1 is 0.927 bits per heavy atom. The number of aromatic nitrogens is 2. The van der Waals surface area contributed by atoms with E-state index in [-0.39, 0.29) is 17.9 Å². The van der Waals surface area contributed by atoms with Crippen molar-refractivity contribution < 1.29 is 9.59 Å². The van der Waals surface area contributed by atoms with Crippen LogP contribution in [0, 0.1) is 0 Å². The number of nitrogens with one attached hydrogen (secondary N) is 3. The van der Waals surface area contributed by atoms with E-state index in [0.717, 1.165) is 93.7 Å². The molecule has 0 saturated carbocycles. The topological polar surface area (TPSA) is 91.3 Å². The first kappa shape index (κ1) is 30.2. The number of imidazole rings is 1. The van der Waals surface area contributed by atoms with Crippen LogP contribution in [-0.2, 0) is 6.54 Å². The second-order valence-electron chi connectivity index (χ2n) is 10.9. The van der Waals surface area contributed by atoms with E-state index in [9.17, 15) is 9.59 Å². The lowest BCUT2D eigenvalue weighted by Crippen LogP contribution is -2.34. The molecule has 0 aliphatic carbocycles. The molecule has 0 unspecified atom stereocenters. The van der Waals surface area contributed by atoms with Gasteiger partial charge in [-0.1, -0.05) is 45.6 Å². The van der Waals surface area contributed by atoms with Crippen molar-refractivity contribution in [2.24, 2.45) is 0 Å². The predicted molar refractivity (Wildman–Crippen MR) is 168 cm³/mol. The fraction of sp³-hybridized carbons (Fsp3) is 0.485. The average molecular weight is 559 g/mol. The molecule has 0 fully saturated rings. The Kier molecular flexibility index (Phi) is 11.2. The van der Waals surface area contributed by atoms with Crippen LogP contribution < -0.4 is 16.0 Å². The third-order valence-corrected chi connectivity index (χ3v) is 7.75. The van der Waals surface area contributed by atoms with E-state index in [0.29, 0.717) is 11.1 Å². The van der Waals surface area contributed by atoms with E-state index in [2.05, 4.69) is 51.5 Å². The smallest absolute Gasteiger partial charge is 0.251 e. The Morgan fingerprint density at radius 3 is 2.32 bits per heavy atom. The SMILES string of the molecule is CCCCC(CCCC)NC(=O)c1ccc2nc(Nc3ccc(C(=O)NC)cc3)n(CCCN3C=CCCC3)c2c1. The minimum atomic E-state index is -0.118. The maximum atomic E-state index is 13.4. The predicted octanol–water partition coefficient (Wildman–Crippen LogP) is 6.62. The third kappa shape index (κ3) is 8.35. The number of benzene rings is 2. The number of carbonyl (C=O) groups excluding carboxylic acids is 2. The zero-order valence-corrected chi connectivity index (χ0v) is 24.9. The van der Waals surface area contributed by atoms with E-state index < -0.39 is 0 Å². The van der Waals surface area contributed by atoms with Gasteiger partial charge in [0.2, 0.25) is 5.95 Å². The maximum Gasteiger partial charge on any atom is 0.251 e. The normalized spacial score (nSPS) is 13.1. The fourth-order valence-corrected chi connectivity index (χ4v) is 5.35. The van der Waals surface area contributed by atoms with E-state index in [1.54, 1.807) is 19.2 Å². The van der Waals surface area contributed by atoms with Gasteiger partial charge in [-0.2, -0.15) is 0 Å². The Balaban J connectivity index is 1.58. The number of hydrogen-bond acceptors (Lipinski definition) is 5. The summed E-state index contributed by atoms with van der Waals surface area (Å²) < 4.78 is 2.18. The van der Waals surface area contributed by atoms with Crippen molar-refractivity contribution in [2.75, 3.05) is 25.5 Å². The first-order valence-corrected chi connectivity index (χ1v) is 15.3. The Hall–Kier alpha value is -3.81. The van der Waals surface area contributed by atoms with Crippen LogP contribution in [0.1, 0.15) is 92.4 Å². The largest absolute Gasteiger partial charge is 0.378 e. The maximum absolute atomic E-state index is 13.4. The van der Waals surface area contributed by atoms with Gasteiger partial charge in [-0.3, -0.25) is 9.59 Å². The zero-order chi connectivity index (χ0) is 29.0. The summed E-state index contributed by atoms with van der Waals surface area (Å²) in [6, 6.07) is 13.4. The summed E-state index contributed by atoms with van der Waals surface area (Å²) in [5, 5.41) is 9.42. The van der Waals surface area contributed by atoms with Crippen LogP contribution in [0.5, 0.6) is 0 Å². The Morgan fingerprint density at radius 2 is 1.66 bits per heavy atom. The number of nitrogens with zero attached hydrogens (tertiary/aromatic N) is 3. The number of hydrogen-bond donors (Lipinski definition) is 3. The number of carbonyl (C=O) groups is 2. The molecule has 2 heterocycles. The minimum absolute atomic E-state index is 0.0189. The summed E-state index contributed by atoms with van der Waals surface area (Å²) in [6.45, 7) is 7.20. The van der Waals surface area contributed by atoms with Crippen LogP contribution in [0.3, 0.4) is 0 Å². The van der Waals surface area contributed by atoms with Crippen LogP contribution >= 0.6 is 0 Å². The molecular formula is C33H46N6O2. The molecule has 0 bridgehead atoms. The molecule has 0 atom stereocenters. The van der Waals surface area contributed by atoms with Gasteiger partial charge in [0.15, 0.2) is 0 Å². The van der Waals surface area contributed by atoms with Crippen molar-refractivity contribution in [3.05, 3.63) is 65.9 Å². The summed E-state index contributed by atoms with van der Waals surface area (Å²) in [4.78, 5) is 32.6. The number of unbranched alkanes of at least 4 members (excludes halogenated alkanes) is 2. The van der Waals surface area contributed by atoms with E-state index in [1.165, 1.54) is 6.42 Å². The van der Waals surface area contributed by atoms with Gasteiger partial charge in [0, 0.05) is 49.5 Å². The first-order chi connectivity index (χ1) is 20.0. The Bertz CT molecular complexity index is 1310. The molecule has 0 radical (unpaired) electrons. The number of fused-ring (bicyclic) bond motifs is 1. The van der Waals surface area contributed by atoms with Gasteiger partial charge in [-0.05, 0) is 80.8 Å². The molecule has 3 aromatic rings. The van der Waals surface area contributed by atoms with Gasteiger partial charge in [0.25, 0.3) is 11.8 Å². The van der Waals surface area contributed by atoms with E-state index >= 15 is 0 Å². The molecule has 1 aliphatic heterocycles. The molecule has 41 heavy (non-hydrogen) atoms. The quantitative estimate of drug-likeness (QED) is 0.195. The molecule has 3 N–H and O–H groups in total. The number of amides is 2. The van der Waals surface area contributed by atoms with Crippen molar-refractivity contribution in [3.8, 4) is 0 Å². The monoisotopic (exact) mass is 558 g/mol. The lowest BCUT2D eigenvalue weighted by Gasteiger charge is -2.23. The van der Waals surface area contributed by atoms with Crippen molar-refractivity contribution in [1.82, 2.24) is 25.1 Å². The van der Waals surface area contributed by atoms with Crippen LogP contribution in [0.4, 0.5) is 11.6 Å². The fourth-order valence-electron chi connectivity index (χ4n) is 5.35. The average Bonchev–Trinajstić information content (AvgIpc) is 3.34. The highest BCUT2D eigenvalue weighted by atomic mass is 16.2. The summed E-state index contributed by atoms with van der Waals surface area (Å²) in [5.74, 6) is 0.589. The minimum Gasteiger partial charge on any atom is -0.378 e. The number of anilines is 2. The van der Waals surface area contributed by atoms with Crippen molar-refractivity contribution in [3.63, 3.8) is 0 Å². The summed E-state index contributed by atoms with van der Waals surface area (Å²) in [6.07, 6.45) is 14.3. The molecule has 8 heteroatoms. The second kappa shape index (κ2) is 15.3. The van der Waals surface area contributed by atoms with Crippen molar-refractivity contribution >= 4 is 34.5 Å². The van der Waals surface area contributed by atoms with Gasteiger partial charge in [0.05, 0.1) is 11.0 Å². The molecule has 1 aromatic heterocycles. The van der Waals surface area contributed by atoms with Crippen molar-refractivity contribution in [2.45, 2.75) is 84.2 Å². The summed E-state index contributed by atoms with van der Waals surface area (Å²) >= 11 is 0. The van der Waals surface area contributed by atoms with Gasteiger partial charge < -0.3 is 25.4 Å². The van der Waals surface area contributed by atoms with Crippen LogP contribution in [0.2, 0.25) is 0 Å². The number of allylic oxidation sites excluding steroid dienone is 1. The highest BCUT2D eigenvalue weighted by Crippen LogP contribution is 2.25. The molecule has 2 aromatic carbocycles. The summed E-state index contributed by atoms with van der Waals surface area (Å²) in [5.41, 5.74) is 3.90. The molecule has 220 valence electrons. The second-order valence-corrected chi connectivity index (χ2v) is 10.9. The molecule has 8 nitrogen and oxygen atoms in total. The first-order valence-electron chi connectivity index (χ1n) is 15.3. The van der Waals surface area contributed by atoms with Crippen molar-refractivity contribution in [1.29, 1.82) is 0 Å². The lowest BCUT2D eigenvalue weighted by molar-refractivity contribution is 0.0930. The lowest BCUT2D eigenvalue weighted by atomic mass is 10.0. The van der Waals surface area contributed by atoms with Gasteiger partial charge >= 0.3 is 0 Å². The van der Waals surface area contributed by atoms with Gasteiger partial charge in [-0.15, -0.1) is 0 Å².